The fourth-order valence-electron chi connectivity index (χ4n) is 1.49. The molecule has 0 aliphatic heterocycles. The van der Waals surface area contributed by atoms with Crippen molar-refractivity contribution in [2.75, 3.05) is 11.3 Å². The van der Waals surface area contributed by atoms with Crippen LogP contribution in [0.5, 0.6) is 0 Å². The maximum atomic E-state index is 12.2. The highest BCUT2D eigenvalue weighted by molar-refractivity contribution is 7.93. The van der Waals surface area contributed by atoms with Crippen LogP contribution in [0.2, 0.25) is 8.67 Å². The number of rotatable bonds is 3. The molecule has 0 radical (unpaired) electrons. The predicted octanol–water partition coefficient (Wildman–Crippen LogP) is 3.17. The Morgan fingerprint density at radius 3 is 2.43 bits per heavy atom. The van der Waals surface area contributed by atoms with Gasteiger partial charge >= 0.3 is 0 Å². The van der Waals surface area contributed by atoms with Crippen molar-refractivity contribution in [2.45, 2.75) is 4.90 Å². The van der Waals surface area contributed by atoms with Crippen LogP contribution in [0.15, 0.2) is 35.2 Å². The van der Waals surface area contributed by atoms with Gasteiger partial charge in [-0.05, 0) is 30.3 Å². The van der Waals surface area contributed by atoms with Crippen molar-refractivity contribution in [3.63, 3.8) is 0 Å². The second kappa shape index (κ2) is 6.69. The Bertz CT molecular complexity index is 803. The van der Waals surface area contributed by atoms with E-state index < -0.39 is 10.0 Å². The Hall–Kier alpha value is -1.23. The first-order valence-electron chi connectivity index (χ1n) is 5.69. The van der Waals surface area contributed by atoms with E-state index in [-0.39, 0.29) is 15.8 Å². The largest absolute Gasteiger partial charge is 0.320 e. The maximum Gasteiger partial charge on any atom is 0.264 e. The lowest BCUT2D eigenvalue weighted by molar-refractivity contribution is 0.601. The van der Waals surface area contributed by atoms with Crippen molar-refractivity contribution < 1.29 is 8.42 Å². The number of anilines is 1. The van der Waals surface area contributed by atoms with Crippen LogP contribution in [0.25, 0.3) is 0 Å². The van der Waals surface area contributed by atoms with Crippen molar-refractivity contribution in [3.05, 3.63) is 44.6 Å². The van der Waals surface area contributed by atoms with Gasteiger partial charge in [0.15, 0.2) is 0 Å². The van der Waals surface area contributed by atoms with Gasteiger partial charge < -0.3 is 5.73 Å². The molecule has 1 heterocycles. The zero-order valence-corrected chi connectivity index (χ0v) is 13.7. The van der Waals surface area contributed by atoms with E-state index in [0.29, 0.717) is 10.0 Å². The molecule has 1 aromatic heterocycles. The van der Waals surface area contributed by atoms with Crippen molar-refractivity contribution in [3.8, 4) is 11.8 Å². The summed E-state index contributed by atoms with van der Waals surface area (Å²) in [4.78, 5) is -0.0360. The van der Waals surface area contributed by atoms with Crippen LogP contribution in [0, 0.1) is 11.8 Å². The molecule has 0 amide bonds. The number of nitrogens with two attached hydrogens (primary N) is 1. The highest BCUT2D eigenvalue weighted by Gasteiger charge is 2.20. The Morgan fingerprint density at radius 2 is 1.90 bits per heavy atom. The average molecular weight is 361 g/mol. The summed E-state index contributed by atoms with van der Waals surface area (Å²) < 4.78 is 27.3. The molecule has 0 aliphatic rings. The second-order valence-corrected chi connectivity index (χ2v) is 7.81. The van der Waals surface area contributed by atoms with Crippen molar-refractivity contribution in [1.82, 2.24) is 0 Å². The van der Waals surface area contributed by atoms with Gasteiger partial charge in [-0.15, -0.1) is 11.3 Å². The molecule has 0 bridgehead atoms. The molecule has 21 heavy (non-hydrogen) atoms. The van der Waals surface area contributed by atoms with Crippen LogP contribution >= 0.6 is 34.5 Å². The molecule has 0 unspecified atom stereocenters. The molecule has 3 N–H and O–H groups in total. The molecule has 4 nitrogen and oxygen atoms in total. The summed E-state index contributed by atoms with van der Waals surface area (Å²) in [5, 5.41) is 0. The van der Waals surface area contributed by atoms with Crippen molar-refractivity contribution in [1.29, 1.82) is 0 Å². The van der Waals surface area contributed by atoms with E-state index >= 15 is 0 Å². The molecule has 110 valence electrons. The molecule has 0 spiro atoms. The third kappa shape index (κ3) is 4.13. The number of hydrogen-bond donors (Lipinski definition) is 2. The van der Waals surface area contributed by atoms with Gasteiger partial charge in [0.05, 0.1) is 10.9 Å². The number of nitrogens with one attached hydrogen (secondary N) is 1. The SMILES string of the molecule is NCC#Cc1ccc(NS(=O)(=O)c2cc(Cl)sc2Cl)cc1. The number of halogens is 2. The molecule has 2 aromatic rings. The molecular weight excluding hydrogens is 351 g/mol. The number of benzene rings is 1. The third-order valence-electron chi connectivity index (χ3n) is 2.39. The average Bonchev–Trinajstić information content (AvgIpc) is 2.77. The van der Waals surface area contributed by atoms with E-state index in [2.05, 4.69) is 16.6 Å². The summed E-state index contributed by atoms with van der Waals surface area (Å²) in [5.74, 6) is 5.57. The van der Waals surface area contributed by atoms with Gasteiger partial charge in [0.2, 0.25) is 0 Å². The monoisotopic (exact) mass is 360 g/mol. The molecule has 0 atom stereocenters. The highest BCUT2D eigenvalue weighted by atomic mass is 35.5. The standard InChI is InChI=1S/C13H10Cl2N2O2S2/c14-12-8-11(13(15)20-12)21(18,19)17-10-5-3-9(4-6-10)2-1-7-16/h3-6,8,17H,7,16H2. The van der Waals surface area contributed by atoms with Crippen LogP contribution < -0.4 is 10.5 Å². The van der Waals surface area contributed by atoms with Crippen LogP contribution in [-0.2, 0) is 10.0 Å². The molecule has 0 aliphatic carbocycles. The summed E-state index contributed by atoms with van der Waals surface area (Å²) in [6.07, 6.45) is 0. The minimum atomic E-state index is -3.76. The fraction of sp³-hybridized carbons (Fsp3) is 0.0769. The molecule has 0 saturated carbocycles. The minimum Gasteiger partial charge on any atom is -0.320 e. The van der Waals surface area contributed by atoms with Gasteiger partial charge in [0, 0.05) is 11.3 Å². The van der Waals surface area contributed by atoms with E-state index in [1.165, 1.54) is 6.07 Å². The van der Waals surface area contributed by atoms with Crippen LogP contribution in [0.4, 0.5) is 5.69 Å². The summed E-state index contributed by atoms with van der Waals surface area (Å²) in [6.45, 7) is 0.270. The van der Waals surface area contributed by atoms with Gasteiger partial charge in [0.1, 0.15) is 9.23 Å². The first kappa shape index (κ1) is 16.1. The zero-order valence-electron chi connectivity index (χ0n) is 10.6. The topological polar surface area (TPSA) is 72.2 Å². The fourth-order valence-corrected chi connectivity index (χ4v) is 4.70. The lowest BCUT2D eigenvalue weighted by Gasteiger charge is -2.07. The van der Waals surface area contributed by atoms with E-state index in [0.717, 1.165) is 16.9 Å². The minimum absolute atomic E-state index is 0.0360. The summed E-state index contributed by atoms with van der Waals surface area (Å²) >= 11 is 12.6. The van der Waals surface area contributed by atoms with Gasteiger partial charge in [-0.25, -0.2) is 8.42 Å². The zero-order chi connectivity index (χ0) is 15.5. The molecule has 2 rings (SSSR count). The molecule has 1 aromatic carbocycles. The third-order valence-corrected chi connectivity index (χ3v) is 5.52. The Morgan fingerprint density at radius 1 is 1.24 bits per heavy atom. The molecular formula is C13H10Cl2N2O2S2. The highest BCUT2D eigenvalue weighted by Crippen LogP contribution is 2.35. The van der Waals surface area contributed by atoms with Gasteiger partial charge in [-0.1, -0.05) is 35.0 Å². The first-order valence-corrected chi connectivity index (χ1v) is 8.74. The first-order chi connectivity index (χ1) is 9.92. The van der Waals surface area contributed by atoms with Gasteiger partial charge in [-0.2, -0.15) is 0 Å². The number of thiophene rings is 1. The predicted molar refractivity (Wildman–Crippen MR) is 87.5 cm³/mol. The van der Waals surface area contributed by atoms with E-state index in [1.807, 2.05) is 0 Å². The second-order valence-electron chi connectivity index (χ2n) is 3.88. The number of hydrogen-bond acceptors (Lipinski definition) is 4. The van der Waals surface area contributed by atoms with E-state index in [4.69, 9.17) is 28.9 Å². The van der Waals surface area contributed by atoms with Gasteiger partial charge in [0.25, 0.3) is 10.0 Å². The van der Waals surface area contributed by atoms with E-state index in [9.17, 15) is 8.42 Å². The van der Waals surface area contributed by atoms with Crippen LogP contribution in [-0.4, -0.2) is 15.0 Å². The number of sulfonamides is 1. The van der Waals surface area contributed by atoms with Crippen LogP contribution in [0.1, 0.15) is 5.56 Å². The lowest BCUT2D eigenvalue weighted by atomic mass is 10.2. The Labute approximate surface area is 136 Å². The molecule has 0 fully saturated rings. The van der Waals surface area contributed by atoms with Gasteiger partial charge in [-0.3, -0.25) is 4.72 Å². The Balaban J connectivity index is 2.23. The Kier molecular flexibility index (Phi) is 5.14. The molecule has 0 saturated heterocycles. The lowest BCUT2D eigenvalue weighted by Crippen LogP contribution is -2.12. The summed E-state index contributed by atoms with van der Waals surface area (Å²) in [6, 6.07) is 7.93. The summed E-state index contributed by atoms with van der Waals surface area (Å²) in [5.41, 5.74) is 6.44. The van der Waals surface area contributed by atoms with Crippen LogP contribution in [0.3, 0.4) is 0 Å². The summed E-state index contributed by atoms with van der Waals surface area (Å²) in [7, 11) is -3.76. The van der Waals surface area contributed by atoms with Crippen molar-refractivity contribution in [2.24, 2.45) is 5.73 Å². The van der Waals surface area contributed by atoms with Crippen molar-refractivity contribution >= 4 is 50.2 Å². The smallest absolute Gasteiger partial charge is 0.264 e. The normalized spacial score (nSPS) is 10.8. The van der Waals surface area contributed by atoms with E-state index in [1.54, 1.807) is 24.3 Å². The quantitative estimate of drug-likeness (QED) is 0.825. The maximum absolute atomic E-state index is 12.2. The molecule has 8 heteroatoms.